The number of hydrogen-bond acceptors (Lipinski definition) is 6. The van der Waals surface area contributed by atoms with Gasteiger partial charge >= 0.3 is 0 Å². The van der Waals surface area contributed by atoms with Crippen LogP contribution >= 0.6 is 11.8 Å². The van der Waals surface area contributed by atoms with E-state index < -0.39 is 10.0 Å². The number of hydrogen-bond donors (Lipinski definition) is 1. The smallest absolute Gasteiger partial charge is 0.253 e. The van der Waals surface area contributed by atoms with E-state index in [0.29, 0.717) is 29.5 Å². The Morgan fingerprint density at radius 2 is 1.80 bits per heavy atom. The van der Waals surface area contributed by atoms with Crippen molar-refractivity contribution in [1.82, 2.24) is 14.5 Å². The van der Waals surface area contributed by atoms with E-state index in [1.165, 1.54) is 28.2 Å². The summed E-state index contributed by atoms with van der Waals surface area (Å²) < 4.78 is 27.5. The van der Waals surface area contributed by atoms with Crippen LogP contribution in [-0.4, -0.2) is 61.1 Å². The number of amidine groups is 1. The summed E-state index contributed by atoms with van der Waals surface area (Å²) in [6.45, 7) is 1.10. The van der Waals surface area contributed by atoms with Gasteiger partial charge in [-0.25, -0.2) is 13.4 Å². The third-order valence-corrected chi connectivity index (χ3v) is 7.06. The fourth-order valence-corrected chi connectivity index (χ4v) is 4.85. The third kappa shape index (κ3) is 4.99. The molecule has 1 fully saturated rings. The maximum Gasteiger partial charge on any atom is 0.253 e. The van der Waals surface area contributed by atoms with Crippen molar-refractivity contribution in [3.63, 3.8) is 0 Å². The van der Waals surface area contributed by atoms with Gasteiger partial charge < -0.3 is 4.90 Å². The first kappa shape index (κ1) is 21.8. The molecule has 2 aromatic rings. The van der Waals surface area contributed by atoms with Gasteiger partial charge in [0.25, 0.3) is 5.91 Å². The number of thioether (sulfide) groups is 1. The topological polar surface area (TPSA) is 106 Å². The molecule has 2 aromatic carbocycles. The molecule has 1 amide bonds. The molecule has 0 radical (unpaired) electrons. The monoisotopic (exact) mass is 443 g/mol. The molecule has 0 atom stereocenters. The summed E-state index contributed by atoms with van der Waals surface area (Å²) in [5.74, 6) is -0.0985. The van der Waals surface area contributed by atoms with Crippen molar-refractivity contribution in [3.05, 3.63) is 60.2 Å². The van der Waals surface area contributed by atoms with Gasteiger partial charge in [0.05, 0.1) is 10.6 Å². The highest BCUT2D eigenvalue weighted by Crippen LogP contribution is 2.23. The largest absolute Gasteiger partial charge is 0.336 e. The van der Waals surface area contributed by atoms with Crippen LogP contribution in [0.15, 0.2) is 64.5 Å². The molecule has 0 aliphatic carbocycles. The lowest BCUT2D eigenvalue weighted by Crippen LogP contribution is -2.50. The molecular formula is C20H21N5O3S2. The molecule has 1 aliphatic rings. The highest BCUT2D eigenvalue weighted by molar-refractivity contribution is 8.13. The predicted molar refractivity (Wildman–Crippen MR) is 117 cm³/mol. The standard InChI is InChI=1S/C20H21N5O3S2/c1-29-20(22-15-21)23-17-8-5-9-18(14-17)30(27,28)25-12-10-24(11-13-25)19(26)16-6-3-2-4-7-16/h2-9,14H,10-13H2,1H3,(H,22,23). The highest BCUT2D eigenvalue weighted by atomic mass is 32.2. The molecule has 0 saturated carbocycles. The van der Waals surface area contributed by atoms with E-state index in [-0.39, 0.29) is 23.9 Å². The van der Waals surface area contributed by atoms with Gasteiger partial charge in [0, 0.05) is 31.7 Å². The Kier molecular flexibility index (Phi) is 7.10. The Bertz CT molecular complexity index is 1070. The van der Waals surface area contributed by atoms with E-state index in [0.717, 1.165) is 0 Å². The molecule has 0 unspecified atom stereocenters. The summed E-state index contributed by atoms with van der Waals surface area (Å²) in [6.07, 6.45) is 3.56. The summed E-state index contributed by atoms with van der Waals surface area (Å²) in [5, 5.41) is 11.6. The zero-order valence-corrected chi connectivity index (χ0v) is 18.0. The minimum atomic E-state index is -3.72. The van der Waals surface area contributed by atoms with Crippen molar-refractivity contribution in [2.75, 3.05) is 32.4 Å². The van der Waals surface area contributed by atoms with Gasteiger partial charge in [0.2, 0.25) is 10.0 Å². The van der Waals surface area contributed by atoms with Crippen molar-refractivity contribution in [2.24, 2.45) is 4.99 Å². The summed E-state index contributed by atoms with van der Waals surface area (Å²) in [4.78, 5) is 18.6. The third-order valence-electron chi connectivity index (χ3n) is 4.59. The number of sulfonamides is 1. The lowest BCUT2D eigenvalue weighted by molar-refractivity contribution is 0.0698. The Balaban J connectivity index is 1.72. The number of benzene rings is 2. The zero-order chi connectivity index (χ0) is 21.6. The number of carbonyl (C=O) groups excluding carboxylic acids is 1. The summed E-state index contributed by atoms with van der Waals surface area (Å²) >= 11 is 1.25. The molecule has 0 aromatic heterocycles. The molecule has 1 N–H and O–H groups in total. The van der Waals surface area contributed by atoms with E-state index in [1.54, 1.807) is 53.7 Å². The number of nitrogens with one attached hydrogen (secondary N) is 1. The summed E-state index contributed by atoms with van der Waals surface area (Å²) in [6, 6.07) is 15.2. The summed E-state index contributed by atoms with van der Waals surface area (Å²) in [5.41, 5.74) is 1.02. The first-order valence-electron chi connectivity index (χ1n) is 9.18. The molecular weight excluding hydrogens is 422 g/mol. The SMILES string of the molecule is CSC(=Nc1cccc(S(=O)(=O)N2CCN(C(=O)c3ccccc3)CC2)c1)NC#N. The molecule has 8 nitrogen and oxygen atoms in total. The minimum absolute atomic E-state index is 0.0985. The Morgan fingerprint density at radius 3 is 2.43 bits per heavy atom. The van der Waals surface area contributed by atoms with Gasteiger partial charge in [-0.15, -0.1) is 0 Å². The van der Waals surface area contributed by atoms with E-state index in [2.05, 4.69) is 10.3 Å². The fraction of sp³-hybridized carbons (Fsp3) is 0.250. The van der Waals surface area contributed by atoms with E-state index >= 15 is 0 Å². The number of amides is 1. The predicted octanol–water partition coefficient (Wildman–Crippen LogP) is 2.25. The highest BCUT2D eigenvalue weighted by Gasteiger charge is 2.30. The van der Waals surface area contributed by atoms with Crippen molar-refractivity contribution in [3.8, 4) is 6.19 Å². The van der Waals surface area contributed by atoms with Crippen LogP contribution in [0.5, 0.6) is 0 Å². The average molecular weight is 444 g/mol. The Morgan fingerprint density at radius 1 is 1.10 bits per heavy atom. The van der Waals surface area contributed by atoms with Crippen molar-refractivity contribution in [1.29, 1.82) is 5.26 Å². The number of aliphatic imine (C=N–C) groups is 1. The van der Waals surface area contributed by atoms with Crippen LogP contribution in [0.3, 0.4) is 0 Å². The quantitative estimate of drug-likeness (QED) is 0.336. The van der Waals surface area contributed by atoms with E-state index in [4.69, 9.17) is 5.26 Å². The molecule has 1 heterocycles. The van der Waals surface area contributed by atoms with Crippen LogP contribution in [-0.2, 0) is 10.0 Å². The van der Waals surface area contributed by atoms with E-state index in [9.17, 15) is 13.2 Å². The maximum atomic E-state index is 13.1. The normalized spacial score (nSPS) is 15.5. The van der Waals surface area contributed by atoms with Gasteiger partial charge in [-0.2, -0.15) is 9.57 Å². The van der Waals surface area contributed by atoms with Crippen LogP contribution in [0.25, 0.3) is 0 Å². The van der Waals surface area contributed by atoms with Gasteiger partial charge in [0.1, 0.15) is 0 Å². The minimum Gasteiger partial charge on any atom is -0.336 e. The van der Waals surface area contributed by atoms with Crippen LogP contribution < -0.4 is 5.32 Å². The number of nitriles is 1. The van der Waals surface area contributed by atoms with Crippen molar-refractivity contribution < 1.29 is 13.2 Å². The molecule has 30 heavy (non-hydrogen) atoms. The Labute approximate surface area is 180 Å². The van der Waals surface area contributed by atoms with Gasteiger partial charge in [-0.05, 0) is 36.6 Å². The molecule has 3 rings (SSSR count). The second-order valence-electron chi connectivity index (χ2n) is 6.42. The van der Waals surface area contributed by atoms with Crippen LogP contribution in [0, 0.1) is 11.5 Å². The van der Waals surface area contributed by atoms with Crippen molar-refractivity contribution >= 4 is 38.5 Å². The lowest BCUT2D eigenvalue weighted by Gasteiger charge is -2.34. The Hall–Kier alpha value is -2.87. The molecule has 0 spiro atoms. The fourth-order valence-electron chi connectivity index (χ4n) is 3.05. The van der Waals surface area contributed by atoms with Crippen LogP contribution in [0.4, 0.5) is 5.69 Å². The van der Waals surface area contributed by atoms with Crippen LogP contribution in [0.2, 0.25) is 0 Å². The maximum absolute atomic E-state index is 13.1. The van der Waals surface area contributed by atoms with Gasteiger partial charge in [-0.1, -0.05) is 36.0 Å². The first-order valence-corrected chi connectivity index (χ1v) is 11.8. The van der Waals surface area contributed by atoms with Gasteiger partial charge in [0.15, 0.2) is 11.4 Å². The zero-order valence-electron chi connectivity index (χ0n) is 16.4. The average Bonchev–Trinajstić information content (AvgIpc) is 2.79. The second-order valence-corrected chi connectivity index (χ2v) is 9.15. The molecule has 10 heteroatoms. The number of piperazine rings is 1. The number of rotatable bonds is 4. The molecule has 156 valence electrons. The lowest BCUT2D eigenvalue weighted by atomic mass is 10.2. The second kappa shape index (κ2) is 9.75. The summed E-state index contributed by atoms with van der Waals surface area (Å²) in [7, 11) is -3.72. The van der Waals surface area contributed by atoms with Crippen molar-refractivity contribution in [2.45, 2.75) is 4.90 Å². The molecule has 0 bridgehead atoms. The molecule has 1 saturated heterocycles. The first-order chi connectivity index (χ1) is 14.5. The number of nitrogens with zero attached hydrogens (tertiary/aromatic N) is 4. The van der Waals surface area contributed by atoms with Crippen LogP contribution in [0.1, 0.15) is 10.4 Å². The van der Waals surface area contributed by atoms with Gasteiger partial charge in [-0.3, -0.25) is 10.1 Å². The molecule has 1 aliphatic heterocycles. The van der Waals surface area contributed by atoms with E-state index in [1.807, 2.05) is 6.07 Å². The number of carbonyl (C=O) groups is 1.